The number of halogens is 1. The zero-order chi connectivity index (χ0) is 23.2. The molecule has 1 saturated heterocycles. The number of rotatable bonds is 4. The normalized spacial score (nSPS) is 17.7. The van der Waals surface area contributed by atoms with E-state index in [1.54, 1.807) is 41.3 Å². The molecule has 1 atom stereocenters. The van der Waals surface area contributed by atoms with Crippen molar-refractivity contribution in [2.45, 2.75) is 17.4 Å². The number of anilines is 1. The lowest BCUT2D eigenvalue weighted by Crippen LogP contribution is -2.34. The molecular formula is C24H20ClN3O4S. The van der Waals surface area contributed by atoms with Crippen LogP contribution in [0, 0.1) is 0 Å². The Morgan fingerprint density at radius 2 is 1.79 bits per heavy atom. The quantitative estimate of drug-likeness (QED) is 0.610. The number of fused-ring (bicyclic) bond motifs is 1. The molecule has 3 aromatic carbocycles. The molecule has 0 radical (unpaired) electrons. The first-order valence-electron chi connectivity index (χ1n) is 10.4. The fourth-order valence-electron chi connectivity index (χ4n) is 4.25. The Balaban J connectivity index is 1.40. The van der Waals surface area contributed by atoms with E-state index in [2.05, 4.69) is 5.32 Å². The second kappa shape index (κ2) is 8.20. The zero-order valence-corrected chi connectivity index (χ0v) is 19.0. The summed E-state index contributed by atoms with van der Waals surface area (Å²) < 4.78 is 27.4. The van der Waals surface area contributed by atoms with E-state index in [0.717, 1.165) is 15.4 Å². The molecule has 1 unspecified atom stereocenters. The Kier molecular flexibility index (Phi) is 5.34. The Labute approximate surface area is 196 Å². The van der Waals surface area contributed by atoms with Crippen molar-refractivity contribution in [3.63, 3.8) is 0 Å². The summed E-state index contributed by atoms with van der Waals surface area (Å²) in [4.78, 5) is 27.1. The van der Waals surface area contributed by atoms with Crippen LogP contribution < -0.4 is 10.2 Å². The van der Waals surface area contributed by atoms with Gasteiger partial charge in [-0.25, -0.2) is 17.5 Å². The molecular weight excluding hydrogens is 462 g/mol. The molecule has 2 aliphatic heterocycles. The first-order chi connectivity index (χ1) is 15.8. The van der Waals surface area contributed by atoms with Crippen LogP contribution in [0.3, 0.4) is 0 Å². The number of amides is 3. The van der Waals surface area contributed by atoms with E-state index in [1.807, 2.05) is 30.3 Å². The Morgan fingerprint density at radius 1 is 1.00 bits per heavy atom. The molecule has 1 N–H and O–H groups in total. The molecule has 33 heavy (non-hydrogen) atoms. The van der Waals surface area contributed by atoms with Gasteiger partial charge in [0.2, 0.25) is 0 Å². The van der Waals surface area contributed by atoms with Crippen LogP contribution in [-0.2, 0) is 16.4 Å². The number of nitrogens with zero attached hydrogens (tertiary/aromatic N) is 2. The van der Waals surface area contributed by atoms with Gasteiger partial charge in [0.25, 0.3) is 15.9 Å². The van der Waals surface area contributed by atoms with Crippen molar-refractivity contribution < 1.29 is 18.0 Å². The smallest absolute Gasteiger partial charge is 0.328 e. The summed E-state index contributed by atoms with van der Waals surface area (Å²) >= 11 is 6.02. The molecule has 9 heteroatoms. The number of sulfonamides is 1. The minimum Gasteiger partial charge on any atom is -0.328 e. The molecule has 7 nitrogen and oxygen atoms in total. The lowest BCUT2D eigenvalue weighted by molar-refractivity contribution is 0.0989. The van der Waals surface area contributed by atoms with Crippen molar-refractivity contribution in [3.05, 3.63) is 94.5 Å². The number of carbonyl (C=O) groups is 2. The van der Waals surface area contributed by atoms with Crippen LogP contribution in [0.5, 0.6) is 0 Å². The number of hydrogen-bond donors (Lipinski definition) is 1. The lowest BCUT2D eigenvalue weighted by Gasteiger charge is -2.19. The molecule has 0 aliphatic carbocycles. The fraction of sp³-hybridized carbons (Fsp3) is 0.167. The van der Waals surface area contributed by atoms with E-state index in [9.17, 15) is 18.0 Å². The molecule has 3 aromatic rings. The highest BCUT2D eigenvalue weighted by atomic mass is 35.5. The summed E-state index contributed by atoms with van der Waals surface area (Å²) in [6, 6.07) is 19.5. The van der Waals surface area contributed by atoms with Gasteiger partial charge in [-0.1, -0.05) is 48.0 Å². The molecule has 2 heterocycles. The second-order valence-corrected chi connectivity index (χ2v) is 10.3. The maximum atomic E-state index is 13.3. The van der Waals surface area contributed by atoms with Gasteiger partial charge in [-0.2, -0.15) is 0 Å². The van der Waals surface area contributed by atoms with Crippen molar-refractivity contribution in [2.75, 3.05) is 18.0 Å². The fourth-order valence-corrected chi connectivity index (χ4v) is 5.84. The van der Waals surface area contributed by atoms with Crippen LogP contribution in [0.2, 0.25) is 5.02 Å². The van der Waals surface area contributed by atoms with E-state index >= 15 is 0 Å². The molecule has 168 valence electrons. The minimum absolute atomic E-state index is 0.0155. The van der Waals surface area contributed by atoms with Crippen LogP contribution in [0.1, 0.15) is 27.5 Å². The first kappa shape index (κ1) is 21.5. The van der Waals surface area contributed by atoms with Crippen LogP contribution in [0.15, 0.2) is 77.7 Å². The largest absolute Gasteiger partial charge is 0.331 e. The monoisotopic (exact) mass is 481 g/mol. The van der Waals surface area contributed by atoms with Crippen LogP contribution >= 0.6 is 11.6 Å². The topological polar surface area (TPSA) is 86.8 Å². The predicted octanol–water partition coefficient (Wildman–Crippen LogP) is 4.00. The molecule has 0 bridgehead atoms. The Hall–Kier alpha value is -3.36. The number of hydrogen-bond acceptors (Lipinski definition) is 4. The Bertz CT molecular complexity index is 1360. The third-order valence-electron chi connectivity index (χ3n) is 5.93. The standard InChI is InChI=1S/C24H20ClN3O4S/c25-19-8-4-7-18(13-19)23(29)27-12-11-17-14-20(9-10-22(17)27)33(31,32)28-15-21(26-24(28)30)16-5-2-1-3-6-16/h1-10,13-14,21H,11-12,15H2,(H,26,30). The molecule has 3 amide bonds. The van der Waals surface area contributed by atoms with E-state index in [1.165, 1.54) is 6.07 Å². The van der Waals surface area contributed by atoms with Gasteiger partial charge in [0.1, 0.15) is 0 Å². The van der Waals surface area contributed by atoms with Gasteiger partial charge in [0.15, 0.2) is 0 Å². The summed E-state index contributed by atoms with van der Waals surface area (Å²) in [7, 11) is -4.05. The van der Waals surface area contributed by atoms with Gasteiger partial charge >= 0.3 is 6.03 Å². The summed E-state index contributed by atoms with van der Waals surface area (Å²) in [5.74, 6) is -0.198. The van der Waals surface area contributed by atoms with Crippen molar-refractivity contribution in [1.29, 1.82) is 0 Å². The minimum atomic E-state index is -4.05. The molecule has 5 rings (SSSR count). The molecule has 0 saturated carbocycles. The lowest BCUT2D eigenvalue weighted by atomic mass is 10.1. The predicted molar refractivity (Wildman–Crippen MR) is 125 cm³/mol. The second-order valence-electron chi connectivity index (χ2n) is 7.96. The molecule has 1 fully saturated rings. The summed E-state index contributed by atoms with van der Waals surface area (Å²) in [6.45, 7) is 0.451. The third kappa shape index (κ3) is 3.85. The SMILES string of the molecule is O=C(c1cccc(Cl)c1)N1CCc2cc(S(=O)(=O)N3CC(c4ccccc4)NC3=O)ccc21. The van der Waals surface area contributed by atoms with Gasteiger partial charge in [-0.05, 0) is 53.9 Å². The highest BCUT2D eigenvalue weighted by Gasteiger charge is 2.39. The van der Waals surface area contributed by atoms with Crippen molar-refractivity contribution in [1.82, 2.24) is 9.62 Å². The van der Waals surface area contributed by atoms with E-state index < -0.39 is 22.1 Å². The van der Waals surface area contributed by atoms with Crippen LogP contribution in [-0.4, -0.2) is 37.8 Å². The molecule has 0 spiro atoms. The number of carbonyl (C=O) groups excluding carboxylic acids is 2. The maximum absolute atomic E-state index is 13.3. The van der Waals surface area contributed by atoms with Crippen molar-refractivity contribution in [2.24, 2.45) is 0 Å². The first-order valence-corrected chi connectivity index (χ1v) is 12.2. The number of urea groups is 1. The number of nitrogens with one attached hydrogen (secondary N) is 1. The summed E-state index contributed by atoms with van der Waals surface area (Å²) in [5.41, 5.74) is 2.71. The van der Waals surface area contributed by atoms with E-state index in [-0.39, 0.29) is 17.3 Å². The van der Waals surface area contributed by atoms with Gasteiger partial charge in [0, 0.05) is 22.8 Å². The van der Waals surface area contributed by atoms with Crippen LogP contribution in [0.4, 0.5) is 10.5 Å². The van der Waals surface area contributed by atoms with Crippen LogP contribution in [0.25, 0.3) is 0 Å². The third-order valence-corrected chi connectivity index (χ3v) is 7.91. The van der Waals surface area contributed by atoms with Gasteiger partial charge in [-0.15, -0.1) is 0 Å². The number of benzene rings is 3. The van der Waals surface area contributed by atoms with Gasteiger partial charge < -0.3 is 10.2 Å². The van der Waals surface area contributed by atoms with Gasteiger partial charge in [-0.3, -0.25) is 4.79 Å². The maximum Gasteiger partial charge on any atom is 0.331 e. The highest BCUT2D eigenvalue weighted by Crippen LogP contribution is 2.33. The molecule has 2 aliphatic rings. The van der Waals surface area contributed by atoms with Crippen molar-refractivity contribution >= 4 is 39.2 Å². The highest BCUT2D eigenvalue weighted by molar-refractivity contribution is 7.89. The van der Waals surface area contributed by atoms with Crippen molar-refractivity contribution in [3.8, 4) is 0 Å². The Morgan fingerprint density at radius 3 is 2.55 bits per heavy atom. The molecule has 0 aromatic heterocycles. The van der Waals surface area contributed by atoms with E-state index in [4.69, 9.17) is 11.6 Å². The summed E-state index contributed by atoms with van der Waals surface area (Å²) in [5, 5.41) is 3.21. The average Bonchev–Trinajstić information content (AvgIpc) is 3.43. The average molecular weight is 482 g/mol. The van der Waals surface area contributed by atoms with Gasteiger partial charge in [0.05, 0.1) is 17.5 Å². The zero-order valence-electron chi connectivity index (χ0n) is 17.4. The summed E-state index contributed by atoms with van der Waals surface area (Å²) in [6.07, 6.45) is 0.518. The van der Waals surface area contributed by atoms with E-state index in [0.29, 0.717) is 29.2 Å².